The lowest BCUT2D eigenvalue weighted by Gasteiger charge is -2.10. The Morgan fingerprint density at radius 3 is 2.43 bits per heavy atom. The third-order valence-corrected chi connectivity index (χ3v) is 2.32. The fraction of sp³-hybridized carbons (Fsp3) is 0.400. The van der Waals surface area contributed by atoms with Crippen LogP contribution in [-0.4, -0.2) is 18.3 Å². The first-order valence-electron chi connectivity index (χ1n) is 4.28. The second-order valence-corrected chi connectivity index (χ2v) is 4.51. The molecular weight excluding hydrogens is 293 g/mol. The molecule has 0 saturated carbocycles. The average Bonchev–Trinajstić information content (AvgIpc) is 2.16. The molecule has 1 aromatic rings. The second-order valence-electron chi connectivity index (χ2n) is 2.91. The van der Waals surface area contributed by atoms with E-state index >= 15 is 0 Å². The summed E-state index contributed by atoms with van der Waals surface area (Å²) in [5.41, 5.74) is 6.86. The van der Waals surface area contributed by atoms with E-state index in [1.165, 1.54) is 0 Å². The topological polar surface area (TPSA) is 44.5 Å². The summed E-state index contributed by atoms with van der Waals surface area (Å²) in [6, 6.07) is 5.85. The van der Waals surface area contributed by atoms with Crippen LogP contribution in [0.15, 0.2) is 18.2 Å². The zero-order valence-corrected chi connectivity index (χ0v) is 10.4. The number of halogens is 1. The van der Waals surface area contributed by atoms with Crippen LogP contribution < -0.4 is 15.2 Å². The van der Waals surface area contributed by atoms with Crippen molar-refractivity contribution in [2.75, 3.05) is 14.2 Å². The highest BCUT2D eigenvalue weighted by Crippen LogP contribution is 2.28. The Hall–Kier alpha value is -0.490. The highest BCUT2D eigenvalue weighted by molar-refractivity contribution is 14.1. The van der Waals surface area contributed by atoms with Crippen molar-refractivity contribution in [1.82, 2.24) is 0 Å². The highest BCUT2D eigenvalue weighted by atomic mass is 127. The number of alkyl halides is 1. The van der Waals surface area contributed by atoms with E-state index in [-0.39, 0.29) is 4.05 Å². The zero-order valence-electron chi connectivity index (χ0n) is 8.29. The Balaban J connectivity index is 2.89. The largest absolute Gasteiger partial charge is 0.493 e. The Morgan fingerprint density at radius 2 is 1.93 bits per heavy atom. The first-order chi connectivity index (χ1) is 6.67. The van der Waals surface area contributed by atoms with Gasteiger partial charge in [0.05, 0.1) is 18.3 Å². The van der Waals surface area contributed by atoms with Gasteiger partial charge in [0.25, 0.3) is 0 Å². The molecule has 1 unspecified atom stereocenters. The number of hydrogen-bond acceptors (Lipinski definition) is 3. The van der Waals surface area contributed by atoms with Gasteiger partial charge in [0.2, 0.25) is 0 Å². The van der Waals surface area contributed by atoms with Gasteiger partial charge >= 0.3 is 0 Å². The third kappa shape index (κ3) is 3.02. The van der Waals surface area contributed by atoms with Crippen LogP contribution in [0.25, 0.3) is 0 Å². The van der Waals surface area contributed by atoms with Crippen molar-refractivity contribution < 1.29 is 9.47 Å². The number of rotatable bonds is 4. The second kappa shape index (κ2) is 5.41. The van der Waals surface area contributed by atoms with Crippen molar-refractivity contribution in [1.29, 1.82) is 0 Å². The SMILES string of the molecule is COc1ccc(CC(N)I)cc1OC. The number of methoxy groups -OCH3 is 2. The lowest BCUT2D eigenvalue weighted by atomic mass is 10.1. The van der Waals surface area contributed by atoms with Crippen LogP contribution in [0, 0.1) is 0 Å². The van der Waals surface area contributed by atoms with Crippen molar-refractivity contribution in [2.24, 2.45) is 5.73 Å². The molecule has 3 nitrogen and oxygen atoms in total. The van der Waals surface area contributed by atoms with Gasteiger partial charge in [0, 0.05) is 0 Å². The number of ether oxygens (including phenoxy) is 2. The van der Waals surface area contributed by atoms with Gasteiger partial charge in [-0.2, -0.15) is 0 Å². The Kier molecular flexibility index (Phi) is 4.47. The van der Waals surface area contributed by atoms with Gasteiger partial charge in [-0.3, -0.25) is 0 Å². The van der Waals surface area contributed by atoms with Crippen molar-refractivity contribution in [2.45, 2.75) is 10.5 Å². The fourth-order valence-corrected chi connectivity index (χ4v) is 1.74. The minimum absolute atomic E-state index is 0.130. The van der Waals surface area contributed by atoms with Crippen LogP contribution in [0.4, 0.5) is 0 Å². The summed E-state index contributed by atoms with van der Waals surface area (Å²) in [4.78, 5) is 0. The van der Waals surface area contributed by atoms with E-state index in [0.29, 0.717) is 0 Å². The van der Waals surface area contributed by atoms with E-state index in [1.807, 2.05) is 18.2 Å². The molecule has 0 aliphatic rings. The highest BCUT2D eigenvalue weighted by Gasteiger charge is 2.05. The molecule has 0 spiro atoms. The molecule has 0 aliphatic heterocycles. The predicted octanol–water partition coefficient (Wildman–Crippen LogP) is 1.97. The van der Waals surface area contributed by atoms with Crippen LogP contribution in [0.1, 0.15) is 5.56 Å². The van der Waals surface area contributed by atoms with E-state index in [0.717, 1.165) is 23.5 Å². The molecule has 1 rings (SSSR count). The molecular formula is C10H14INO2. The molecule has 0 radical (unpaired) electrons. The van der Waals surface area contributed by atoms with E-state index in [2.05, 4.69) is 22.6 Å². The smallest absolute Gasteiger partial charge is 0.160 e. The summed E-state index contributed by atoms with van der Waals surface area (Å²) < 4.78 is 10.5. The molecule has 14 heavy (non-hydrogen) atoms. The third-order valence-electron chi connectivity index (χ3n) is 1.88. The Bertz CT molecular complexity index is 302. The van der Waals surface area contributed by atoms with Crippen LogP contribution in [0.3, 0.4) is 0 Å². The van der Waals surface area contributed by atoms with E-state index in [9.17, 15) is 0 Å². The molecule has 0 heterocycles. The van der Waals surface area contributed by atoms with Gasteiger partial charge in [-0.05, 0) is 24.1 Å². The molecule has 78 valence electrons. The molecule has 2 N–H and O–H groups in total. The van der Waals surface area contributed by atoms with Crippen LogP contribution in [0.2, 0.25) is 0 Å². The molecule has 0 amide bonds. The van der Waals surface area contributed by atoms with Crippen molar-refractivity contribution >= 4 is 22.6 Å². The monoisotopic (exact) mass is 307 g/mol. The molecule has 0 fully saturated rings. The summed E-state index contributed by atoms with van der Waals surface area (Å²) in [6.07, 6.45) is 0.834. The molecule has 1 atom stereocenters. The number of hydrogen-bond donors (Lipinski definition) is 1. The quantitative estimate of drug-likeness (QED) is 0.525. The first-order valence-corrected chi connectivity index (χ1v) is 5.52. The maximum absolute atomic E-state index is 5.70. The van der Waals surface area contributed by atoms with E-state index in [4.69, 9.17) is 15.2 Å². The van der Waals surface area contributed by atoms with Crippen molar-refractivity contribution in [3.05, 3.63) is 23.8 Å². The van der Waals surface area contributed by atoms with Gasteiger partial charge in [-0.15, -0.1) is 0 Å². The molecule has 4 heteroatoms. The Labute approximate surface area is 97.7 Å². The van der Waals surface area contributed by atoms with Gasteiger partial charge in [0.15, 0.2) is 11.5 Å². The van der Waals surface area contributed by atoms with Gasteiger partial charge < -0.3 is 15.2 Å². The fourth-order valence-electron chi connectivity index (χ4n) is 1.23. The van der Waals surface area contributed by atoms with Crippen LogP contribution in [0.5, 0.6) is 11.5 Å². The Morgan fingerprint density at radius 1 is 1.29 bits per heavy atom. The predicted molar refractivity (Wildman–Crippen MR) is 65.2 cm³/mol. The van der Waals surface area contributed by atoms with E-state index in [1.54, 1.807) is 14.2 Å². The molecule has 0 aromatic heterocycles. The summed E-state index contributed by atoms with van der Waals surface area (Å²) >= 11 is 2.19. The minimum Gasteiger partial charge on any atom is -0.493 e. The lowest BCUT2D eigenvalue weighted by molar-refractivity contribution is 0.354. The standard InChI is InChI=1S/C10H14INO2/c1-13-8-4-3-7(6-10(11)12)5-9(8)14-2/h3-5,10H,6,12H2,1-2H3. The number of benzene rings is 1. The van der Waals surface area contributed by atoms with Gasteiger partial charge in [0.1, 0.15) is 0 Å². The molecule has 0 saturated heterocycles. The maximum Gasteiger partial charge on any atom is 0.160 e. The van der Waals surface area contributed by atoms with Gasteiger partial charge in [-0.25, -0.2) is 0 Å². The molecule has 0 bridgehead atoms. The lowest BCUT2D eigenvalue weighted by Crippen LogP contribution is -2.13. The normalized spacial score (nSPS) is 12.3. The van der Waals surface area contributed by atoms with Gasteiger partial charge in [-0.1, -0.05) is 28.7 Å². The minimum atomic E-state index is 0.130. The van der Waals surface area contributed by atoms with Crippen LogP contribution in [-0.2, 0) is 6.42 Å². The van der Waals surface area contributed by atoms with E-state index < -0.39 is 0 Å². The summed E-state index contributed by atoms with van der Waals surface area (Å²) in [6.45, 7) is 0. The van der Waals surface area contributed by atoms with Crippen molar-refractivity contribution in [3.8, 4) is 11.5 Å². The van der Waals surface area contributed by atoms with Crippen molar-refractivity contribution in [3.63, 3.8) is 0 Å². The first kappa shape index (κ1) is 11.6. The molecule has 1 aromatic carbocycles. The summed E-state index contributed by atoms with van der Waals surface area (Å²) in [5, 5.41) is 0. The number of nitrogens with two attached hydrogens (primary N) is 1. The zero-order chi connectivity index (χ0) is 10.6. The summed E-state index contributed by atoms with van der Waals surface area (Å²) in [7, 11) is 3.26. The molecule has 0 aliphatic carbocycles. The maximum atomic E-state index is 5.70. The summed E-state index contributed by atoms with van der Waals surface area (Å²) in [5.74, 6) is 1.50. The van der Waals surface area contributed by atoms with Crippen LogP contribution >= 0.6 is 22.6 Å². The average molecular weight is 307 g/mol.